The van der Waals surface area contributed by atoms with E-state index >= 15 is 0 Å². The van der Waals surface area contributed by atoms with Crippen LogP contribution >= 0.6 is 11.6 Å². The second-order valence-electron chi connectivity index (χ2n) is 4.21. The van der Waals surface area contributed by atoms with Crippen LogP contribution in [0.25, 0.3) is 0 Å². The van der Waals surface area contributed by atoms with Gasteiger partial charge in [-0.1, -0.05) is 0 Å². The van der Waals surface area contributed by atoms with E-state index in [1.807, 2.05) is 0 Å². The first kappa shape index (κ1) is 12.1. The first-order valence-electron chi connectivity index (χ1n) is 5.18. The highest BCUT2D eigenvalue weighted by molar-refractivity contribution is 7.67. The number of halogens is 1. The van der Waals surface area contributed by atoms with Crippen molar-refractivity contribution in [3.63, 3.8) is 0 Å². The molecule has 4 atom stereocenters. The third-order valence-electron chi connectivity index (χ3n) is 3.35. The Bertz CT molecular complexity index is 348. The van der Waals surface area contributed by atoms with Crippen molar-refractivity contribution in [1.82, 2.24) is 0 Å². The third-order valence-corrected chi connectivity index (χ3v) is 3.98. The largest absolute Gasteiger partial charge is 0.458 e. The van der Waals surface area contributed by atoms with E-state index in [0.717, 1.165) is 19.3 Å². The van der Waals surface area contributed by atoms with Gasteiger partial charge in [0.15, 0.2) is 0 Å². The molecule has 16 heavy (non-hydrogen) atoms. The number of ether oxygens (including phenoxy) is 1. The summed E-state index contributed by atoms with van der Waals surface area (Å²) in [6.45, 7) is 0. The maximum absolute atomic E-state index is 11.1. The Morgan fingerprint density at radius 2 is 1.88 bits per heavy atom. The zero-order valence-corrected chi connectivity index (χ0v) is 10.2. The summed E-state index contributed by atoms with van der Waals surface area (Å²) in [5.74, 6) is -0.332. The lowest BCUT2D eigenvalue weighted by atomic mass is 9.95. The number of rotatable bonds is 4. The lowest BCUT2D eigenvalue weighted by molar-refractivity contribution is -0.153. The van der Waals surface area contributed by atoms with Crippen molar-refractivity contribution in [2.45, 2.75) is 31.5 Å². The van der Waals surface area contributed by atoms with Gasteiger partial charge in [-0.15, -0.1) is 11.6 Å². The molecule has 5 nitrogen and oxygen atoms in total. The summed E-state index contributed by atoms with van der Waals surface area (Å²) in [6, 6.07) is 0. The quantitative estimate of drug-likeness (QED) is 0.456. The number of esters is 1. The van der Waals surface area contributed by atoms with E-state index in [9.17, 15) is 13.2 Å². The lowest BCUT2D eigenvalue weighted by Crippen LogP contribution is -2.38. The molecule has 2 rings (SSSR count). The van der Waals surface area contributed by atoms with Crippen LogP contribution in [0.5, 0.6) is 0 Å². The monoisotopic (exact) mass is 268 g/mol. The molecule has 0 heterocycles. The molecule has 2 fully saturated rings. The molecular weight excluding hydrogens is 256 g/mol. The van der Waals surface area contributed by atoms with Crippen molar-refractivity contribution in [1.29, 1.82) is 0 Å². The first-order chi connectivity index (χ1) is 7.61. The number of alkyl halides is 1. The number of fused-ring (bicyclic) bond motifs is 2. The maximum Gasteiger partial charge on any atom is 0.321 e. The van der Waals surface area contributed by atoms with Crippen molar-refractivity contribution >= 4 is 28.6 Å². The molecule has 2 aliphatic rings. The van der Waals surface area contributed by atoms with E-state index in [1.165, 1.54) is 0 Å². The summed E-state index contributed by atoms with van der Waals surface area (Å²) in [5, 5.41) is 0. The number of hydrogen-bond acceptors (Lipinski definition) is 5. The Kier molecular flexibility index (Phi) is 3.71. The van der Waals surface area contributed by atoms with E-state index < -0.39 is 29.2 Å². The van der Waals surface area contributed by atoms with Crippen LogP contribution < -0.4 is 0 Å². The van der Waals surface area contributed by atoms with Gasteiger partial charge in [-0.05, 0) is 31.1 Å². The minimum absolute atomic E-state index is 0.186. The average molecular weight is 269 g/mol. The SMILES string of the molecule is O=C(CCl)OC1C2CCC(C2)C1O[SH](=O)=O. The highest BCUT2D eigenvalue weighted by Gasteiger charge is 2.51. The smallest absolute Gasteiger partial charge is 0.321 e. The Labute approximate surface area is 100 Å². The predicted molar refractivity (Wildman–Crippen MR) is 56.6 cm³/mol. The van der Waals surface area contributed by atoms with Gasteiger partial charge >= 0.3 is 5.97 Å². The van der Waals surface area contributed by atoms with Crippen molar-refractivity contribution in [3.05, 3.63) is 0 Å². The molecule has 2 bridgehead atoms. The van der Waals surface area contributed by atoms with E-state index in [0.29, 0.717) is 0 Å². The lowest BCUT2D eigenvalue weighted by Gasteiger charge is -2.28. The average Bonchev–Trinajstić information content (AvgIpc) is 2.80. The van der Waals surface area contributed by atoms with E-state index in [2.05, 4.69) is 0 Å². The van der Waals surface area contributed by atoms with Crippen LogP contribution in [0.2, 0.25) is 0 Å². The van der Waals surface area contributed by atoms with Crippen LogP contribution in [0, 0.1) is 11.8 Å². The fourth-order valence-electron chi connectivity index (χ4n) is 2.78. The number of carbonyl (C=O) groups is 1. The molecule has 0 N–H and O–H groups in total. The highest BCUT2D eigenvalue weighted by Crippen LogP contribution is 2.47. The van der Waals surface area contributed by atoms with E-state index in [-0.39, 0.29) is 17.7 Å². The summed E-state index contributed by atoms with van der Waals surface area (Å²) >= 11 is 5.35. The molecule has 2 aliphatic carbocycles. The number of carbonyl (C=O) groups excluding carboxylic acids is 1. The normalized spacial score (nSPS) is 36.9. The Morgan fingerprint density at radius 3 is 2.44 bits per heavy atom. The Balaban J connectivity index is 2.05. The summed E-state index contributed by atoms with van der Waals surface area (Å²) in [6.07, 6.45) is 1.81. The molecule has 0 amide bonds. The zero-order chi connectivity index (χ0) is 11.7. The fraction of sp³-hybridized carbons (Fsp3) is 0.889. The van der Waals surface area contributed by atoms with Gasteiger partial charge in [-0.25, -0.2) is 8.42 Å². The van der Waals surface area contributed by atoms with Crippen molar-refractivity contribution in [3.8, 4) is 0 Å². The van der Waals surface area contributed by atoms with E-state index in [4.69, 9.17) is 20.5 Å². The Morgan fingerprint density at radius 1 is 1.25 bits per heavy atom. The van der Waals surface area contributed by atoms with Gasteiger partial charge < -0.3 is 4.74 Å². The second-order valence-corrected chi connectivity index (χ2v) is 5.14. The minimum Gasteiger partial charge on any atom is -0.458 e. The van der Waals surface area contributed by atoms with Crippen molar-refractivity contribution in [2.75, 3.05) is 5.88 Å². The molecule has 0 aromatic carbocycles. The van der Waals surface area contributed by atoms with E-state index in [1.54, 1.807) is 0 Å². The molecule has 4 unspecified atom stereocenters. The maximum atomic E-state index is 11.1. The molecule has 0 aromatic rings. The van der Waals surface area contributed by atoms with Crippen LogP contribution in [0.4, 0.5) is 0 Å². The summed E-state index contributed by atoms with van der Waals surface area (Å²) in [5.41, 5.74) is 0. The van der Waals surface area contributed by atoms with Crippen LogP contribution in [0.3, 0.4) is 0 Å². The highest BCUT2D eigenvalue weighted by atomic mass is 35.5. The van der Waals surface area contributed by atoms with Gasteiger partial charge in [-0.3, -0.25) is 8.98 Å². The topological polar surface area (TPSA) is 69.7 Å². The molecule has 7 heteroatoms. The van der Waals surface area contributed by atoms with Crippen molar-refractivity contribution < 1.29 is 22.1 Å². The molecule has 92 valence electrons. The molecule has 0 aliphatic heterocycles. The number of thiol groups is 1. The summed E-state index contributed by atoms with van der Waals surface area (Å²) in [4.78, 5) is 11.1. The van der Waals surface area contributed by atoms with Gasteiger partial charge in [0.25, 0.3) is 11.0 Å². The van der Waals surface area contributed by atoms with Crippen molar-refractivity contribution in [2.24, 2.45) is 11.8 Å². The second kappa shape index (κ2) is 4.89. The third kappa shape index (κ3) is 2.33. The molecular formula is C9H13ClO5S. The molecule has 0 aromatic heterocycles. The summed E-state index contributed by atoms with van der Waals surface area (Å²) < 4.78 is 31.1. The molecule has 0 radical (unpaired) electrons. The first-order valence-corrected chi connectivity index (χ1v) is 6.81. The van der Waals surface area contributed by atoms with Crippen LogP contribution in [0.1, 0.15) is 19.3 Å². The van der Waals surface area contributed by atoms with Crippen LogP contribution in [0.15, 0.2) is 0 Å². The fourth-order valence-corrected chi connectivity index (χ4v) is 3.33. The summed E-state index contributed by atoms with van der Waals surface area (Å²) in [7, 11) is -2.90. The van der Waals surface area contributed by atoms with Crippen LogP contribution in [-0.4, -0.2) is 32.5 Å². The zero-order valence-electron chi connectivity index (χ0n) is 8.50. The molecule has 0 saturated heterocycles. The van der Waals surface area contributed by atoms with Gasteiger partial charge in [-0.2, -0.15) is 0 Å². The molecule has 2 saturated carbocycles. The number of hydrogen-bond donors (Lipinski definition) is 1. The standard InChI is InChI=1S/C9H13ClO5S/c10-4-7(11)14-8-5-1-2-6(3-5)9(8)15-16(12)13/h5-6,8-9,16H,1-4H2. The Hall–Kier alpha value is -0.330. The molecule has 0 spiro atoms. The van der Waals surface area contributed by atoms with Gasteiger partial charge in [0.05, 0.1) is 0 Å². The minimum atomic E-state index is -2.90. The van der Waals surface area contributed by atoms with Gasteiger partial charge in [0.1, 0.15) is 18.1 Å². The van der Waals surface area contributed by atoms with Gasteiger partial charge in [0.2, 0.25) is 0 Å². The predicted octanol–water partition coefficient (Wildman–Crippen LogP) is 0.479. The van der Waals surface area contributed by atoms with Gasteiger partial charge in [0, 0.05) is 0 Å². The van der Waals surface area contributed by atoms with Crippen LogP contribution in [-0.2, 0) is 24.7 Å².